The van der Waals surface area contributed by atoms with Crippen molar-refractivity contribution in [1.82, 2.24) is 4.98 Å². The van der Waals surface area contributed by atoms with Crippen LogP contribution in [-0.4, -0.2) is 23.5 Å². The van der Waals surface area contributed by atoms with E-state index in [0.717, 1.165) is 20.9 Å². The van der Waals surface area contributed by atoms with Gasteiger partial charge in [-0.1, -0.05) is 30.3 Å². The largest absolute Gasteiger partial charge is 0.456 e. The third kappa shape index (κ3) is 4.48. The van der Waals surface area contributed by atoms with E-state index in [2.05, 4.69) is 26.2 Å². The molecule has 0 radical (unpaired) electrons. The highest BCUT2D eigenvalue weighted by atomic mass is 79.9. The lowest BCUT2D eigenvalue weighted by Gasteiger charge is -2.08. The first-order valence-corrected chi connectivity index (χ1v) is 8.68. The zero-order chi connectivity index (χ0) is 17.6. The highest BCUT2D eigenvalue weighted by Crippen LogP contribution is 2.21. The summed E-state index contributed by atoms with van der Waals surface area (Å²) in [5.41, 5.74) is 2.74. The molecule has 128 valence electrons. The summed E-state index contributed by atoms with van der Waals surface area (Å²) in [6, 6.07) is 15.2. The molecule has 1 heterocycles. The van der Waals surface area contributed by atoms with Crippen molar-refractivity contribution in [2.45, 2.75) is 12.8 Å². The Balaban J connectivity index is 1.46. The minimum atomic E-state index is -0.396. The maximum atomic E-state index is 11.9. The number of H-pyrrole nitrogens is 1. The van der Waals surface area contributed by atoms with Crippen molar-refractivity contribution in [1.29, 1.82) is 0 Å². The lowest BCUT2D eigenvalue weighted by Crippen LogP contribution is -2.21. The molecule has 3 rings (SSSR count). The molecule has 6 heteroatoms. The van der Waals surface area contributed by atoms with Gasteiger partial charge in [0.25, 0.3) is 5.91 Å². The van der Waals surface area contributed by atoms with Crippen LogP contribution in [0.3, 0.4) is 0 Å². The van der Waals surface area contributed by atoms with Gasteiger partial charge in [-0.15, -0.1) is 0 Å². The summed E-state index contributed by atoms with van der Waals surface area (Å²) >= 11 is 3.35. The third-order valence-electron chi connectivity index (χ3n) is 3.79. The Morgan fingerprint density at radius 1 is 1.08 bits per heavy atom. The second kappa shape index (κ2) is 7.98. The molecule has 0 atom stereocenters. The second-order valence-electron chi connectivity index (χ2n) is 5.55. The van der Waals surface area contributed by atoms with Crippen molar-refractivity contribution in [3.8, 4) is 0 Å². The van der Waals surface area contributed by atoms with Crippen molar-refractivity contribution < 1.29 is 14.3 Å². The average molecular weight is 401 g/mol. The number of halogens is 1. The number of esters is 1. The molecular formula is C19H17BrN2O3. The zero-order valence-electron chi connectivity index (χ0n) is 13.4. The topological polar surface area (TPSA) is 71.2 Å². The predicted octanol–water partition coefficient (Wildman–Crippen LogP) is 4.04. The van der Waals surface area contributed by atoms with Crippen LogP contribution in [0, 0.1) is 0 Å². The van der Waals surface area contributed by atoms with Crippen molar-refractivity contribution in [3.63, 3.8) is 0 Å². The molecular weight excluding hydrogens is 384 g/mol. The van der Waals surface area contributed by atoms with Gasteiger partial charge in [-0.3, -0.25) is 9.59 Å². The van der Waals surface area contributed by atoms with Gasteiger partial charge in [0.05, 0.1) is 5.69 Å². The number of benzene rings is 2. The van der Waals surface area contributed by atoms with Crippen LogP contribution in [0.15, 0.2) is 59.2 Å². The summed E-state index contributed by atoms with van der Waals surface area (Å²) in [7, 11) is 0. The monoisotopic (exact) mass is 400 g/mol. The van der Waals surface area contributed by atoms with Crippen LogP contribution in [-0.2, 0) is 20.7 Å². The zero-order valence-corrected chi connectivity index (χ0v) is 15.0. The third-order valence-corrected chi connectivity index (χ3v) is 4.48. The van der Waals surface area contributed by atoms with E-state index >= 15 is 0 Å². The standard InChI is InChI=1S/C19H17BrN2O3/c20-15-6-2-4-8-17(15)22-18(23)12-25-19(24)10-9-13-11-21-16-7-3-1-5-14(13)16/h1-8,11,21H,9-10,12H2,(H,22,23). The van der Waals surface area contributed by atoms with E-state index in [1.165, 1.54) is 0 Å². The number of para-hydroxylation sites is 2. The van der Waals surface area contributed by atoms with Crippen LogP contribution in [0.5, 0.6) is 0 Å². The number of aryl methyl sites for hydroxylation is 1. The number of anilines is 1. The maximum absolute atomic E-state index is 11.9. The van der Waals surface area contributed by atoms with E-state index in [0.29, 0.717) is 12.1 Å². The Labute approximate surface area is 153 Å². The highest BCUT2D eigenvalue weighted by Gasteiger charge is 2.11. The van der Waals surface area contributed by atoms with Crippen LogP contribution >= 0.6 is 15.9 Å². The van der Waals surface area contributed by atoms with E-state index < -0.39 is 5.97 Å². The Hall–Kier alpha value is -2.60. The fourth-order valence-corrected chi connectivity index (χ4v) is 2.93. The normalized spacial score (nSPS) is 10.6. The highest BCUT2D eigenvalue weighted by molar-refractivity contribution is 9.10. The summed E-state index contributed by atoms with van der Waals surface area (Å²) in [6.07, 6.45) is 2.69. The minimum absolute atomic E-state index is 0.226. The molecule has 1 amide bonds. The van der Waals surface area contributed by atoms with Crippen LogP contribution in [0.2, 0.25) is 0 Å². The van der Waals surface area contributed by atoms with Crippen molar-refractivity contribution >= 4 is 44.4 Å². The molecule has 5 nitrogen and oxygen atoms in total. The Morgan fingerprint density at radius 2 is 1.84 bits per heavy atom. The molecule has 0 saturated carbocycles. The summed E-state index contributed by atoms with van der Waals surface area (Å²) in [5, 5.41) is 3.79. The van der Waals surface area contributed by atoms with E-state index in [1.54, 1.807) is 6.07 Å². The van der Waals surface area contributed by atoms with E-state index in [9.17, 15) is 9.59 Å². The molecule has 0 aliphatic rings. The predicted molar refractivity (Wildman–Crippen MR) is 100 cm³/mol. The molecule has 0 aliphatic heterocycles. The molecule has 1 aromatic heterocycles. The average Bonchev–Trinajstić information content (AvgIpc) is 3.03. The minimum Gasteiger partial charge on any atom is -0.456 e. The molecule has 0 saturated heterocycles. The molecule has 0 spiro atoms. The lowest BCUT2D eigenvalue weighted by atomic mass is 10.1. The van der Waals surface area contributed by atoms with Gasteiger partial charge in [0.15, 0.2) is 6.61 Å². The second-order valence-corrected chi connectivity index (χ2v) is 6.40. The van der Waals surface area contributed by atoms with Crippen LogP contribution in [0.1, 0.15) is 12.0 Å². The Morgan fingerprint density at radius 3 is 2.68 bits per heavy atom. The molecule has 25 heavy (non-hydrogen) atoms. The molecule has 0 bridgehead atoms. The first-order chi connectivity index (χ1) is 12.1. The SMILES string of the molecule is O=C(COC(=O)CCc1c[nH]c2ccccc12)Nc1ccccc1Br. The number of aromatic amines is 1. The maximum Gasteiger partial charge on any atom is 0.306 e. The van der Waals surface area contributed by atoms with Crippen molar-refractivity contribution in [3.05, 3.63) is 64.8 Å². The van der Waals surface area contributed by atoms with Crippen LogP contribution in [0.4, 0.5) is 5.69 Å². The van der Waals surface area contributed by atoms with Gasteiger partial charge in [0.2, 0.25) is 0 Å². The number of ether oxygens (including phenoxy) is 1. The summed E-state index contributed by atoms with van der Waals surface area (Å²) < 4.78 is 5.82. The summed E-state index contributed by atoms with van der Waals surface area (Å²) in [5.74, 6) is -0.764. The summed E-state index contributed by atoms with van der Waals surface area (Å²) in [6.45, 7) is -0.298. The molecule has 0 unspecified atom stereocenters. The number of carbonyl (C=O) groups is 2. The molecule has 2 N–H and O–H groups in total. The molecule has 3 aromatic rings. The number of hydrogen-bond acceptors (Lipinski definition) is 3. The molecule has 0 aliphatic carbocycles. The van der Waals surface area contributed by atoms with Gasteiger partial charge in [-0.2, -0.15) is 0 Å². The van der Waals surface area contributed by atoms with Crippen LogP contribution in [0.25, 0.3) is 10.9 Å². The van der Waals surface area contributed by atoms with Crippen molar-refractivity contribution in [2.75, 3.05) is 11.9 Å². The summed E-state index contributed by atoms with van der Waals surface area (Å²) in [4.78, 5) is 26.9. The lowest BCUT2D eigenvalue weighted by molar-refractivity contribution is -0.147. The number of hydrogen-bond donors (Lipinski definition) is 2. The van der Waals surface area contributed by atoms with Crippen LogP contribution < -0.4 is 5.32 Å². The van der Waals surface area contributed by atoms with E-state index in [4.69, 9.17) is 4.74 Å². The van der Waals surface area contributed by atoms with Gasteiger partial charge in [-0.05, 0) is 46.1 Å². The molecule has 0 fully saturated rings. The molecule has 2 aromatic carbocycles. The number of rotatable bonds is 6. The van der Waals surface area contributed by atoms with Gasteiger partial charge in [0.1, 0.15) is 0 Å². The fourth-order valence-electron chi connectivity index (χ4n) is 2.54. The number of aromatic nitrogens is 1. The number of amides is 1. The van der Waals surface area contributed by atoms with Crippen molar-refractivity contribution in [2.24, 2.45) is 0 Å². The number of carbonyl (C=O) groups excluding carboxylic acids is 2. The van der Waals surface area contributed by atoms with E-state index in [1.807, 2.05) is 48.7 Å². The van der Waals surface area contributed by atoms with Gasteiger partial charge in [0, 0.05) is 28.0 Å². The Bertz CT molecular complexity index is 904. The van der Waals surface area contributed by atoms with Gasteiger partial charge < -0.3 is 15.0 Å². The quantitative estimate of drug-likeness (QED) is 0.613. The van der Waals surface area contributed by atoms with Gasteiger partial charge >= 0.3 is 5.97 Å². The first-order valence-electron chi connectivity index (χ1n) is 7.88. The Kier molecular flexibility index (Phi) is 5.50. The van der Waals surface area contributed by atoms with E-state index in [-0.39, 0.29) is 18.9 Å². The fraction of sp³-hybridized carbons (Fsp3) is 0.158. The number of nitrogens with one attached hydrogen (secondary N) is 2. The first kappa shape index (κ1) is 17.2. The van der Waals surface area contributed by atoms with Gasteiger partial charge in [-0.25, -0.2) is 0 Å². The smallest absolute Gasteiger partial charge is 0.306 e. The number of fused-ring (bicyclic) bond motifs is 1.